The summed E-state index contributed by atoms with van der Waals surface area (Å²) in [6.07, 6.45) is 7.34. The number of likely N-dealkylation sites (tertiary alicyclic amines) is 2. The lowest BCUT2D eigenvalue weighted by Crippen LogP contribution is -2.57. The molecular weight excluding hydrogens is 634 g/mol. The van der Waals surface area contributed by atoms with E-state index in [2.05, 4.69) is 37.8 Å². The van der Waals surface area contributed by atoms with Crippen molar-refractivity contribution < 1.29 is 24.3 Å². The number of aliphatic hydroxyl groups excluding tert-OH is 1. The SMILES string of the molecule is CC(C)C(NC(=O)C1CC1)C(=O)N1CCCC1c1ncc(C#Cc2ccc(NC(=O)C3CCCN3C(O)C(NC(=O)C3CC3)C(C)C)cc2)[nH]1. The van der Waals surface area contributed by atoms with Crippen molar-refractivity contribution in [1.29, 1.82) is 0 Å². The Hall–Kier alpha value is -4.21. The maximum absolute atomic E-state index is 13.6. The Morgan fingerprint density at radius 2 is 1.50 bits per heavy atom. The molecule has 6 rings (SSSR count). The molecule has 2 aliphatic carbocycles. The van der Waals surface area contributed by atoms with Crippen LogP contribution in [-0.4, -0.2) is 85.9 Å². The lowest BCUT2D eigenvalue weighted by atomic mass is 10.0. The third-order valence-corrected chi connectivity index (χ3v) is 10.4. The van der Waals surface area contributed by atoms with Crippen LogP contribution in [0.4, 0.5) is 5.69 Å². The van der Waals surface area contributed by atoms with Gasteiger partial charge in [-0.05, 0) is 93.4 Å². The van der Waals surface area contributed by atoms with Crippen LogP contribution in [0.2, 0.25) is 0 Å². The molecule has 1 aromatic heterocycles. The molecule has 4 aliphatic rings. The molecular formula is C38H51N7O5. The highest BCUT2D eigenvalue weighted by atomic mass is 16.3. The zero-order chi connectivity index (χ0) is 35.5. The smallest absolute Gasteiger partial charge is 0.246 e. The van der Waals surface area contributed by atoms with Gasteiger partial charge in [-0.3, -0.25) is 24.1 Å². The van der Waals surface area contributed by atoms with Gasteiger partial charge in [-0.2, -0.15) is 0 Å². The Morgan fingerprint density at radius 3 is 2.14 bits per heavy atom. The quantitative estimate of drug-likeness (QED) is 0.215. The van der Waals surface area contributed by atoms with Crippen LogP contribution in [0.5, 0.6) is 0 Å². The highest BCUT2D eigenvalue weighted by Gasteiger charge is 2.42. The van der Waals surface area contributed by atoms with E-state index in [0.29, 0.717) is 36.7 Å². The molecule has 2 saturated heterocycles. The predicted molar refractivity (Wildman–Crippen MR) is 188 cm³/mol. The van der Waals surface area contributed by atoms with E-state index in [4.69, 9.17) is 0 Å². The zero-order valence-corrected chi connectivity index (χ0v) is 29.6. The fourth-order valence-corrected chi connectivity index (χ4v) is 7.00. The van der Waals surface area contributed by atoms with Crippen molar-refractivity contribution >= 4 is 29.3 Å². The van der Waals surface area contributed by atoms with Gasteiger partial charge in [-0.1, -0.05) is 33.6 Å². The van der Waals surface area contributed by atoms with Gasteiger partial charge in [0.25, 0.3) is 0 Å². The highest BCUT2D eigenvalue weighted by Crippen LogP contribution is 2.33. The first-order valence-electron chi connectivity index (χ1n) is 18.3. The van der Waals surface area contributed by atoms with Gasteiger partial charge < -0.3 is 30.9 Å². The van der Waals surface area contributed by atoms with E-state index in [9.17, 15) is 24.3 Å². The number of benzene rings is 1. The van der Waals surface area contributed by atoms with Gasteiger partial charge in [0.1, 0.15) is 23.8 Å². The Labute approximate surface area is 294 Å². The number of aromatic amines is 1. The first-order chi connectivity index (χ1) is 24.0. The number of hydrogen-bond acceptors (Lipinski definition) is 7. The summed E-state index contributed by atoms with van der Waals surface area (Å²) in [7, 11) is 0. The van der Waals surface area contributed by atoms with Gasteiger partial charge in [-0.25, -0.2) is 4.98 Å². The molecule has 2 aliphatic heterocycles. The number of carbonyl (C=O) groups excluding carboxylic acids is 4. The Bertz CT molecular complexity index is 1620. The molecule has 3 heterocycles. The minimum absolute atomic E-state index is 0.00925. The summed E-state index contributed by atoms with van der Waals surface area (Å²) in [5, 5.41) is 20.3. The monoisotopic (exact) mass is 685 g/mol. The van der Waals surface area contributed by atoms with E-state index in [1.165, 1.54) is 0 Å². The number of rotatable bonds is 12. The molecule has 12 heteroatoms. The lowest BCUT2D eigenvalue weighted by molar-refractivity contribution is -0.139. The van der Waals surface area contributed by atoms with Gasteiger partial charge in [0, 0.05) is 36.2 Å². The van der Waals surface area contributed by atoms with E-state index in [-0.39, 0.29) is 53.3 Å². The van der Waals surface area contributed by atoms with Crippen molar-refractivity contribution in [2.75, 3.05) is 18.4 Å². The topological polar surface area (TPSA) is 160 Å². The number of carbonyl (C=O) groups is 4. The minimum atomic E-state index is -0.953. The zero-order valence-electron chi connectivity index (χ0n) is 29.6. The third-order valence-electron chi connectivity index (χ3n) is 10.4. The van der Waals surface area contributed by atoms with Gasteiger partial charge in [0.15, 0.2) is 0 Å². The van der Waals surface area contributed by atoms with Crippen molar-refractivity contribution in [3.05, 3.63) is 47.5 Å². The van der Waals surface area contributed by atoms with Gasteiger partial charge in [-0.15, -0.1) is 0 Å². The molecule has 12 nitrogen and oxygen atoms in total. The molecule has 2 aromatic rings. The van der Waals surface area contributed by atoms with Gasteiger partial charge in [0.2, 0.25) is 23.6 Å². The van der Waals surface area contributed by atoms with Crippen LogP contribution in [0.1, 0.15) is 102 Å². The van der Waals surface area contributed by atoms with E-state index in [1.807, 2.05) is 49.6 Å². The summed E-state index contributed by atoms with van der Waals surface area (Å²) in [4.78, 5) is 63.4. The molecule has 4 fully saturated rings. The first kappa shape index (κ1) is 35.6. The summed E-state index contributed by atoms with van der Waals surface area (Å²) < 4.78 is 0. The number of nitrogens with zero attached hydrogens (tertiary/aromatic N) is 3. The van der Waals surface area contributed by atoms with Crippen LogP contribution in [0.3, 0.4) is 0 Å². The highest BCUT2D eigenvalue weighted by molar-refractivity contribution is 5.95. The van der Waals surface area contributed by atoms with Crippen LogP contribution in [0.15, 0.2) is 30.5 Å². The fraction of sp³-hybridized carbons (Fsp3) is 0.605. The number of aromatic nitrogens is 2. The summed E-state index contributed by atoms with van der Waals surface area (Å²) in [6.45, 7) is 9.05. The Kier molecular flexibility index (Phi) is 10.9. The summed E-state index contributed by atoms with van der Waals surface area (Å²) in [5.41, 5.74) is 2.02. The molecule has 0 radical (unpaired) electrons. The van der Waals surface area contributed by atoms with E-state index in [0.717, 1.165) is 50.5 Å². The molecule has 4 amide bonds. The predicted octanol–water partition coefficient (Wildman–Crippen LogP) is 3.30. The van der Waals surface area contributed by atoms with Crippen LogP contribution >= 0.6 is 0 Å². The van der Waals surface area contributed by atoms with Crippen LogP contribution in [-0.2, 0) is 19.2 Å². The van der Waals surface area contributed by atoms with Crippen molar-refractivity contribution in [3.63, 3.8) is 0 Å². The summed E-state index contributed by atoms with van der Waals surface area (Å²) >= 11 is 0. The number of imidazole rings is 1. The van der Waals surface area contributed by atoms with E-state index >= 15 is 0 Å². The summed E-state index contributed by atoms with van der Waals surface area (Å²) in [5.74, 6) is 6.72. The minimum Gasteiger partial charge on any atom is -0.376 e. The fourth-order valence-electron chi connectivity index (χ4n) is 7.00. The average Bonchev–Trinajstić information content (AvgIpc) is 3.97. The van der Waals surface area contributed by atoms with Crippen molar-refractivity contribution in [2.45, 2.75) is 109 Å². The molecule has 50 heavy (non-hydrogen) atoms. The molecule has 268 valence electrons. The van der Waals surface area contributed by atoms with Crippen LogP contribution in [0.25, 0.3) is 0 Å². The number of hydrogen-bond donors (Lipinski definition) is 5. The molecule has 0 bridgehead atoms. The maximum Gasteiger partial charge on any atom is 0.246 e. The molecule has 5 unspecified atom stereocenters. The maximum atomic E-state index is 13.6. The van der Waals surface area contributed by atoms with Gasteiger partial charge in [0.05, 0.1) is 24.3 Å². The number of nitrogens with one attached hydrogen (secondary N) is 4. The second-order valence-electron chi connectivity index (χ2n) is 15.1. The molecule has 2 saturated carbocycles. The van der Waals surface area contributed by atoms with E-state index < -0.39 is 24.4 Å². The average molecular weight is 686 g/mol. The number of H-pyrrole nitrogens is 1. The molecule has 5 N–H and O–H groups in total. The normalized spacial score (nSPS) is 22.5. The third kappa shape index (κ3) is 8.38. The van der Waals surface area contributed by atoms with E-state index in [1.54, 1.807) is 18.3 Å². The molecule has 0 spiro atoms. The lowest BCUT2D eigenvalue weighted by Gasteiger charge is -2.36. The Balaban J connectivity index is 1.04. The second kappa shape index (κ2) is 15.4. The largest absolute Gasteiger partial charge is 0.376 e. The van der Waals surface area contributed by atoms with Crippen molar-refractivity contribution in [1.82, 2.24) is 30.4 Å². The standard InChI is InChI=1S/C38H51N7O5/c1-22(2)31(42-34(46)25-12-13-25)37(49)44-19-5-7-29(44)33-39-21-28(40-33)18-11-24-9-16-27(17-10-24)41-36(48)30-8-6-20-45(30)38(50)32(23(3)4)43-35(47)26-14-15-26/h9-10,16-17,21-23,25-26,29-32,38,50H,5-8,12-15,19-20H2,1-4H3,(H,39,40)(H,41,48)(H,42,46)(H,43,47). The van der Waals surface area contributed by atoms with Crippen LogP contribution in [0, 0.1) is 35.5 Å². The van der Waals surface area contributed by atoms with Crippen molar-refractivity contribution in [2.24, 2.45) is 23.7 Å². The first-order valence-corrected chi connectivity index (χ1v) is 18.3. The van der Waals surface area contributed by atoms with Crippen molar-refractivity contribution in [3.8, 4) is 11.8 Å². The number of amides is 4. The number of anilines is 1. The second-order valence-corrected chi connectivity index (χ2v) is 15.1. The number of aliphatic hydroxyl groups is 1. The van der Waals surface area contributed by atoms with Gasteiger partial charge >= 0.3 is 0 Å². The summed E-state index contributed by atoms with van der Waals surface area (Å²) in [6, 6.07) is 5.57. The Morgan fingerprint density at radius 1 is 0.840 bits per heavy atom. The molecule has 5 atom stereocenters. The molecule has 1 aromatic carbocycles. The van der Waals surface area contributed by atoms with Crippen LogP contribution < -0.4 is 16.0 Å².